The molecular formula is C26H34N5. The van der Waals surface area contributed by atoms with Crippen LogP contribution in [0.25, 0.3) is 21.9 Å². The van der Waals surface area contributed by atoms with Gasteiger partial charge in [0.25, 0.3) is 0 Å². The van der Waals surface area contributed by atoms with Gasteiger partial charge in [0.2, 0.25) is 0 Å². The third kappa shape index (κ3) is 3.87. The number of aromatic nitrogens is 3. The topological polar surface area (TPSA) is 48.1 Å². The highest BCUT2D eigenvalue weighted by Gasteiger charge is 2.31. The minimum atomic E-state index is 0.590. The molecule has 1 aliphatic carbocycles. The molecule has 1 saturated carbocycles. The number of hydrogen-bond acceptors (Lipinski definition) is 4. The molecule has 1 radical (unpaired) electrons. The van der Waals surface area contributed by atoms with Crippen LogP contribution in [0.5, 0.6) is 0 Å². The highest BCUT2D eigenvalue weighted by molar-refractivity contribution is 6.05. The van der Waals surface area contributed by atoms with Crippen LogP contribution < -0.4 is 0 Å². The predicted octanol–water partition coefficient (Wildman–Crippen LogP) is 4.76. The molecule has 0 bridgehead atoms. The zero-order valence-corrected chi connectivity index (χ0v) is 18.5. The first-order valence-electron chi connectivity index (χ1n) is 12.4. The van der Waals surface area contributed by atoms with E-state index in [1.54, 1.807) is 0 Å². The molecule has 0 amide bonds. The maximum absolute atomic E-state index is 4.61. The number of nitrogens with one attached hydrogen (secondary N) is 1. The number of piperidine rings is 1. The molecular weight excluding hydrogens is 382 g/mol. The standard InChI is InChI=1S/C26H34N5/c1-2-14-30(13-1)17-19-4-3-15-31(18-19)21-7-5-20(6-8-21)22-9-11-27-24-16-29-26-23(25(22)24)10-12-28-26/h7,9-12,16,19-21H,1-6,8,13-15,17-18H2,(H,28,29). The smallest absolute Gasteiger partial charge is 0.137 e. The monoisotopic (exact) mass is 416 g/mol. The number of nitrogens with zero attached hydrogens (tertiary/aromatic N) is 4. The molecule has 3 aromatic heterocycles. The highest BCUT2D eigenvalue weighted by atomic mass is 15.2. The van der Waals surface area contributed by atoms with Crippen molar-refractivity contribution in [3.8, 4) is 0 Å². The quantitative estimate of drug-likeness (QED) is 0.666. The summed E-state index contributed by atoms with van der Waals surface area (Å²) < 4.78 is 0. The summed E-state index contributed by atoms with van der Waals surface area (Å²) in [5.41, 5.74) is 3.45. The van der Waals surface area contributed by atoms with Crippen LogP contribution in [-0.2, 0) is 0 Å². The summed E-state index contributed by atoms with van der Waals surface area (Å²) in [7, 11) is 0. The van der Waals surface area contributed by atoms with Crippen LogP contribution in [0, 0.1) is 12.3 Å². The number of H-pyrrole nitrogens is 1. The number of likely N-dealkylation sites (tertiary alicyclic amines) is 2. The van der Waals surface area contributed by atoms with Crippen LogP contribution in [-0.4, -0.2) is 63.5 Å². The number of pyridine rings is 2. The Kier molecular flexibility index (Phi) is 5.41. The van der Waals surface area contributed by atoms with Crippen LogP contribution >= 0.6 is 0 Å². The molecule has 3 aliphatic rings. The van der Waals surface area contributed by atoms with Gasteiger partial charge in [-0.1, -0.05) is 0 Å². The molecule has 3 fully saturated rings. The second kappa shape index (κ2) is 8.51. The lowest BCUT2D eigenvalue weighted by atomic mass is 9.79. The first-order chi connectivity index (χ1) is 15.3. The average molecular weight is 417 g/mol. The van der Waals surface area contributed by atoms with Crippen molar-refractivity contribution < 1.29 is 0 Å². The molecule has 3 unspecified atom stereocenters. The molecule has 163 valence electrons. The second-order valence-electron chi connectivity index (χ2n) is 9.98. The fraction of sp³-hybridized carbons (Fsp3) is 0.577. The van der Waals surface area contributed by atoms with Gasteiger partial charge in [0.05, 0.1) is 11.7 Å². The van der Waals surface area contributed by atoms with E-state index in [2.05, 4.69) is 43.3 Å². The lowest BCUT2D eigenvalue weighted by Crippen LogP contribution is -2.46. The largest absolute Gasteiger partial charge is 0.346 e. The molecule has 5 heterocycles. The fourth-order valence-electron chi connectivity index (χ4n) is 6.44. The molecule has 0 aromatic carbocycles. The zero-order valence-electron chi connectivity index (χ0n) is 18.5. The van der Waals surface area contributed by atoms with E-state index in [1.165, 1.54) is 94.0 Å². The zero-order chi connectivity index (χ0) is 20.6. The number of rotatable bonds is 4. The van der Waals surface area contributed by atoms with E-state index in [0.717, 1.165) is 17.1 Å². The number of hydrogen-bond donors (Lipinski definition) is 1. The van der Waals surface area contributed by atoms with E-state index in [0.29, 0.717) is 12.0 Å². The summed E-state index contributed by atoms with van der Waals surface area (Å²) in [5, 5.41) is 2.51. The number of fused-ring (bicyclic) bond motifs is 3. The highest BCUT2D eigenvalue weighted by Crippen LogP contribution is 2.39. The first-order valence-corrected chi connectivity index (χ1v) is 12.4. The molecule has 5 nitrogen and oxygen atoms in total. The minimum Gasteiger partial charge on any atom is -0.346 e. The summed E-state index contributed by atoms with van der Waals surface area (Å²) in [5.74, 6) is 1.46. The average Bonchev–Trinajstić information content (AvgIpc) is 3.51. The molecule has 0 spiro atoms. The Hall–Kier alpha value is -1.98. The molecule has 3 aromatic rings. The van der Waals surface area contributed by atoms with Crippen molar-refractivity contribution >= 4 is 21.9 Å². The van der Waals surface area contributed by atoms with E-state index in [1.807, 2.05) is 18.6 Å². The van der Waals surface area contributed by atoms with E-state index in [4.69, 9.17) is 0 Å². The molecule has 3 atom stereocenters. The van der Waals surface area contributed by atoms with Gasteiger partial charge in [-0.3, -0.25) is 9.88 Å². The van der Waals surface area contributed by atoms with Gasteiger partial charge in [0.1, 0.15) is 5.65 Å². The molecule has 1 N–H and O–H groups in total. The molecule has 2 saturated heterocycles. The third-order valence-electron chi connectivity index (χ3n) is 8.00. The van der Waals surface area contributed by atoms with Gasteiger partial charge in [0.15, 0.2) is 0 Å². The van der Waals surface area contributed by atoms with Crippen molar-refractivity contribution in [2.75, 3.05) is 32.7 Å². The van der Waals surface area contributed by atoms with E-state index in [9.17, 15) is 0 Å². The lowest BCUT2D eigenvalue weighted by Gasteiger charge is -2.42. The van der Waals surface area contributed by atoms with Crippen molar-refractivity contribution in [1.82, 2.24) is 24.8 Å². The van der Waals surface area contributed by atoms with E-state index in [-0.39, 0.29) is 0 Å². The maximum Gasteiger partial charge on any atom is 0.137 e. The van der Waals surface area contributed by atoms with Crippen LogP contribution in [0.3, 0.4) is 0 Å². The summed E-state index contributed by atoms with van der Waals surface area (Å²) in [6, 6.07) is 5.07. The fourth-order valence-corrected chi connectivity index (χ4v) is 6.44. The summed E-state index contributed by atoms with van der Waals surface area (Å²) in [6.45, 7) is 6.58. The summed E-state index contributed by atoms with van der Waals surface area (Å²) in [4.78, 5) is 17.9. The van der Waals surface area contributed by atoms with E-state index < -0.39 is 0 Å². The van der Waals surface area contributed by atoms with Gasteiger partial charge in [-0.05, 0) is 101 Å². The summed E-state index contributed by atoms with van der Waals surface area (Å²) in [6.07, 6.45) is 17.8. The maximum atomic E-state index is 4.61. The Bertz CT molecular complexity index is 1030. The lowest BCUT2D eigenvalue weighted by molar-refractivity contribution is 0.102. The van der Waals surface area contributed by atoms with Crippen LogP contribution in [0.2, 0.25) is 0 Å². The van der Waals surface area contributed by atoms with Crippen molar-refractivity contribution in [3.63, 3.8) is 0 Å². The van der Waals surface area contributed by atoms with Gasteiger partial charge >= 0.3 is 0 Å². The van der Waals surface area contributed by atoms with Crippen LogP contribution in [0.15, 0.2) is 30.7 Å². The van der Waals surface area contributed by atoms with Gasteiger partial charge in [-0.25, -0.2) is 4.98 Å². The van der Waals surface area contributed by atoms with Gasteiger partial charge in [0, 0.05) is 42.3 Å². The van der Waals surface area contributed by atoms with Gasteiger partial charge < -0.3 is 9.88 Å². The Morgan fingerprint density at radius 3 is 2.81 bits per heavy atom. The first kappa shape index (κ1) is 19.7. The number of aromatic amines is 1. The van der Waals surface area contributed by atoms with Crippen molar-refractivity contribution in [3.05, 3.63) is 42.7 Å². The SMILES string of the molecule is [CH]1CC(c2ccnc3cnc4[nH]ccc4c23)CCC1N1CCCC(CN2CCCC2)C1. The van der Waals surface area contributed by atoms with Gasteiger partial charge in [-0.2, -0.15) is 0 Å². The van der Waals surface area contributed by atoms with Gasteiger partial charge in [-0.15, -0.1) is 0 Å². The Morgan fingerprint density at radius 1 is 1.00 bits per heavy atom. The Balaban J connectivity index is 1.14. The van der Waals surface area contributed by atoms with Crippen molar-refractivity contribution in [1.29, 1.82) is 0 Å². The van der Waals surface area contributed by atoms with E-state index >= 15 is 0 Å². The minimum absolute atomic E-state index is 0.590. The molecule has 2 aliphatic heterocycles. The molecule has 6 rings (SSSR count). The van der Waals surface area contributed by atoms with Crippen molar-refractivity contribution in [2.24, 2.45) is 5.92 Å². The molecule has 31 heavy (non-hydrogen) atoms. The third-order valence-corrected chi connectivity index (χ3v) is 8.00. The molecule has 5 heteroatoms. The summed E-state index contributed by atoms with van der Waals surface area (Å²) >= 11 is 0. The Labute approximate surface area is 185 Å². The second-order valence-corrected chi connectivity index (χ2v) is 9.98. The van der Waals surface area contributed by atoms with Crippen LogP contribution in [0.1, 0.15) is 56.4 Å². The predicted molar refractivity (Wildman–Crippen MR) is 126 cm³/mol. The Morgan fingerprint density at radius 2 is 1.94 bits per heavy atom. The van der Waals surface area contributed by atoms with Crippen molar-refractivity contribution in [2.45, 2.75) is 56.9 Å². The van der Waals surface area contributed by atoms with Crippen LogP contribution in [0.4, 0.5) is 0 Å². The normalized spacial score (nSPS) is 28.6.